The molecule has 0 aliphatic rings. The molecular formula is C20H16FN5O2. The van der Waals surface area contributed by atoms with Gasteiger partial charge in [0.05, 0.1) is 12.3 Å². The van der Waals surface area contributed by atoms with Crippen molar-refractivity contribution in [2.75, 3.05) is 5.32 Å². The van der Waals surface area contributed by atoms with Crippen LogP contribution in [0.4, 0.5) is 10.1 Å². The van der Waals surface area contributed by atoms with Crippen LogP contribution in [0.1, 0.15) is 12.0 Å². The highest BCUT2D eigenvalue weighted by molar-refractivity contribution is 6.00. The maximum absolute atomic E-state index is 13.0. The minimum atomic E-state index is -0.499. The van der Waals surface area contributed by atoms with Gasteiger partial charge in [0.15, 0.2) is 0 Å². The molecule has 0 saturated heterocycles. The van der Waals surface area contributed by atoms with E-state index >= 15 is 0 Å². The van der Waals surface area contributed by atoms with Crippen molar-refractivity contribution >= 4 is 34.6 Å². The number of benzene rings is 2. The molecule has 1 heterocycles. The third kappa shape index (κ3) is 4.59. The summed E-state index contributed by atoms with van der Waals surface area (Å²) in [7, 11) is 0. The minimum absolute atomic E-state index is 0.0481. The molecule has 0 saturated carbocycles. The van der Waals surface area contributed by atoms with Crippen molar-refractivity contribution in [2.45, 2.75) is 13.0 Å². The van der Waals surface area contributed by atoms with E-state index in [9.17, 15) is 14.0 Å². The van der Waals surface area contributed by atoms with Gasteiger partial charge in [0.1, 0.15) is 18.8 Å². The van der Waals surface area contributed by atoms with Crippen molar-refractivity contribution in [3.8, 4) is 6.07 Å². The van der Waals surface area contributed by atoms with Crippen molar-refractivity contribution in [2.24, 2.45) is 5.10 Å². The number of hydrazone groups is 1. The molecular weight excluding hydrogens is 361 g/mol. The highest BCUT2D eigenvalue weighted by Gasteiger charge is 2.10. The monoisotopic (exact) mass is 377 g/mol. The zero-order valence-electron chi connectivity index (χ0n) is 14.7. The predicted octanol–water partition coefficient (Wildman–Crippen LogP) is 2.78. The summed E-state index contributed by atoms with van der Waals surface area (Å²) in [6.07, 6.45) is 2.93. The summed E-state index contributed by atoms with van der Waals surface area (Å²) in [5.74, 6) is -1.14. The van der Waals surface area contributed by atoms with Gasteiger partial charge < -0.3 is 9.88 Å². The molecule has 3 rings (SSSR count). The number of anilines is 1. The van der Waals surface area contributed by atoms with Crippen LogP contribution < -0.4 is 10.7 Å². The van der Waals surface area contributed by atoms with E-state index in [1.54, 1.807) is 16.8 Å². The summed E-state index contributed by atoms with van der Waals surface area (Å²) in [5.41, 5.74) is 4.31. The molecule has 0 fully saturated rings. The standard InChI is InChI=1S/C20H16FN5O2/c21-15-5-7-16(8-6-15)24-20(28)13-26-12-14(11-23-25-19(27)9-10-22)17-3-1-2-4-18(17)26/h1-8,11-12H,9,13H2,(H,24,28)(H,25,27). The summed E-state index contributed by atoms with van der Waals surface area (Å²) in [5, 5.41) is 15.9. The van der Waals surface area contributed by atoms with Crippen LogP contribution in [-0.2, 0) is 16.1 Å². The van der Waals surface area contributed by atoms with E-state index in [-0.39, 0.29) is 24.7 Å². The molecule has 7 nitrogen and oxygen atoms in total. The molecule has 140 valence electrons. The second-order valence-corrected chi connectivity index (χ2v) is 5.91. The molecule has 0 spiro atoms. The largest absolute Gasteiger partial charge is 0.337 e. The fourth-order valence-corrected chi connectivity index (χ4v) is 2.68. The van der Waals surface area contributed by atoms with Crippen LogP contribution in [0.2, 0.25) is 0 Å². The first-order valence-electron chi connectivity index (χ1n) is 8.39. The number of carbonyl (C=O) groups excluding carboxylic acids is 2. The number of nitriles is 1. The molecule has 2 aromatic carbocycles. The molecule has 0 unspecified atom stereocenters. The summed E-state index contributed by atoms with van der Waals surface area (Å²) in [4.78, 5) is 23.7. The van der Waals surface area contributed by atoms with Crippen LogP contribution in [0.3, 0.4) is 0 Å². The average molecular weight is 377 g/mol. The highest BCUT2D eigenvalue weighted by Crippen LogP contribution is 2.20. The molecule has 0 bridgehead atoms. The van der Waals surface area contributed by atoms with Gasteiger partial charge in [0, 0.05) is 28.4 Å². The maximum atomic E-state index is 13.0. The van der Waals surface area contributed by atoms with E-state index in [2.05, 4.69) is 15.8 Å². The second-order valence-electron chi connectivity index (χ2n) is 5.91. The number of halogens is 1. The highest BCUT2D eigenvalue weighted by atomic mass is 19.1. The van der Waals surface area contributed by atoms with E-state index in [1.807, 2.05) is 24.3 Å². The van der Waals surface area contributed by atoms with E-state index in [0.717, 1.165) is 10.9 Å². The number of amides is 2. The molecule has 2 amide bonds. The number of fused-ring (bicyclic) bond motifs is 1. The van der Waals surface area contributed by atoms with Crippen molar-refractivity contribution in [1.29, 1.82) is 5.26 Å². The Labute approximate surface area is 160 Å². The van der Waals surface area contributed by atoms with Gasteiger partial charge in [-0.25, -0.2) is 9.82 Å². The van der Waals surface area contributed by atoms with Crippen molar-refractivity contribution in [3.63, 3.8) is 0 Å². The lowest BCUT2D eigenvalue weighted by Crippen LogP contribution is -2.18. The topological polar surface area (TPSA) is 99.3 Å². The van der Waals surface area contributed by atoms with Gasteiger partial charge in [-0.1, -0.05) is 18.2 Å². The zero-order chi connectivity index (χ0) is 19.9. The van der Waals surface area contributed by atoms with Gasteiger partial charge in [-0.3, -0.25) is 9.59 Å². The third-order valence-corrected chi connectivity index (χ3v) is 3.89. The van der Waals surface area contributed by atoms with Gasteiger partial charge in [-0.15, -0.1) is 0 Å². The Balaban J connectivity index is 1.77. The number of aromatic nitrogens is 1. The van der Waals surface area contributed by atoms with Crippen molar-refractivity contribution in [1.82, 2.24) is 9.99 Å². The lowest BCUT2D eigenvalue weighted by atomic mass is 10.2. The van der Waals surface area contributed by atoms with E-state index in [0.29, 0.717) is 11.3 Å². The van der Waals surface area contributed by atoms with Crippen LogP contribution in [0.15, 0.2) is 59.8 Å². The van der Waals surface area contributed by atoms with Crippen molar-refractivity contribution < 1.29 is 14.0 Å². The maximum Gasteiger partial charge on any atom is 0.254 e. The predicted molar refractivity (Wildman–Crippen MR) is 103 cm³/mol. The fourth-order valence-electron chi connectivity index (χ4n) is 2.68. The molecule has 0 aliphatic heterocycles. The molecule has 0 aliphatic carbocycles. The summed E-state index contributed by atoms with van der Waals surface area (Å²) >= 11 is 0. The summed E-state index contributed by atoms with van der Waals surface area (Å²) in [6, 6.07) is 14.7. The minimum Gasteiger partial charge on any atom is -0.337 e. The number of hydrogen-bond acceptors (Lipinski definition) is 4. The van der Waals surface area contributed by atoms with E-state index in [4.69, 9.17) is 5.26 Å². The average Bonchev–Trinajstić information content (AvgIpc) is 3.02. The number of para-hydroxylation sites is 1. The Hall–Kier alpha value is -3.99. The molecule has 28 heavy (non-hydrogen) atoms. The van der Waals surface area contributed by atoms with Crippen LogP contribution in [-0.4, -0.2) is 22.6 Å². The van der Waals surface area contributed by atoms with Gasteiger partial charge >= 0.3 is 0 Å². The molecule has 0 radical (unpaired) electrons. The normalized spacial score (nSPS) is 10.7. The molecule has 8 heteroatoms. The van der Waals surface area contributed by atoms with Crippen molar-refractivity contribution in [3.05, 3.63) is 66.1 Å². The fraction of sp³-hybridized carbons (Fsp3) is 0.100. The molecule has 2 N–H and O–H groups in total. The third-order valence-electron chi connectivity index (χ3n) is 3.89. The zero-order valence-corrected chi connectivity index (χ0v) is 14.7. The first-order valence-corrected chi connectivity index (χ1v) is 8.39. The smallest absolute Gasteiger partial charge is 0.254 e. The van der Waals surface area contributed by atoms with Gasteiger partial charge in [0.2, 0.25) is 5.91 Å². The van der Waals surface area contributed by atoms with E-state index < -0.39 is 5.91 Å². The Morgan fingerprint density at radius 2 is 1.89 bits per heavy atom. The number of nitrogens with zero attached hydrogens (tertiary/aromatic N) is 3. The summed E-state index contributed by atoms with van der Waals surface area (Å²) < 4.78 is 14.7. The number of nitrogens with one attached hydrogen (secondary N) is 2. The SMILES string of the molecule is N#CCC(=O)NN=Cc1cn(CC(=O)Nc2ccc(F)cc2)c2ccccc12. The number of rotatable bonds is 6. The lowest BCUT2D eigenvalue weighted by Gasteiger charge is -2.07. The molecule has 3 aromatic rings. The van der Waals surface area contributed by atoms with E-state index in [1.165, 1.54) is 30.5 Å². The quantitative estimate of drug-likeness (QED) is 0.510. The van der Waals surface area contributed by atoms with Gasteiger partial charge in [-0.05, 0) is 30.3 Å². The first-order chi connectivity index (χ1) is 13.6. The van der Waals surface area contributed by atoms with Gasteiger partial charge in [-0.2, -0.15) is 10.4 Å². The van der Waals surface area contributed by atoms with Crippen LogP contribution >= 0.6 is 0 Å². The first kappa shape index (κ1) is 18.8. The van der Waals surface area contributed by atoms with Crippen LogP contribution in [0.25, 0.3) is 10.9 Å². The Bertz CT molecular complexity index is 1080. The Morgan fingerprint density at radius 3 is 2.64 bits per heavy atom. The summed E-state index contributed by atoms with van der Waals surface area (Å²) in [6.45, 7) is 0.0481. The van der Waals surface area contributed by atoms with Crippen LogP contribution in [0, 0.1) is 17.1 Å². The lowest BCUT2D eigenvalue weighted by molar-refractivity contribution is -0.120. The Kier molecular flexibility index (Phi) is 5.77. The van der Waals surface area contributed by atoms with Gasteiger partial charge in [0.25, 0.3) is 5.91 Å². The Morgan fingerprint density at radius 1 is 1.14 bits per heavy atom. The molecule has 0 atom stereocenters. The number of carbonyl (C=O) groups is 2. The van der Waals surface area contributed by atoms with Crippen LogP contribution in [0.5, 0.6) is 0 Å². The second kappa shape index (κ2) is 8.60. The molecule has 1 aromatic heterocycles. The number of hydrogen-bond donors (Lipinski definition) is 2.